The van der Waals surface area contributed by atoms with E-state index in [4.69, 9.17) is 27.9 Å². The van der Waals surface area contributed by atoms with Gasteiger partial charge >= 0.3 is 6.61 Å². The molecule has 1 aromatic carbocycles. The number of anilines is 1. The zero-order valence-corrected chi connectivity index (χ0v) is 16.3. The van der Waals surface area contributed by atoms with Crippen LogP contribution in [-0.2, 0) is 16.6 Å². The fourth-order valence-corrected chi connectivity index (χ4v) is 3.42. The van der Waals surface area contributed by atoms with E-state index in [0.29, 0.717) is 0 Å². The van der Waals surface area contributed by atoms with Crippen LogP contribution in [-0.4, -0.2) is 36.0 Å². The minimum Gasteiger partial charge on any atom is -0.416 e. The molecule has 0 atom stereocenters. The van der Waals surface area contributed by atoms with E-state index in [1.165, 1.54) is 14.2 Å². The summed E-state index contributed by atoms with van der Waals surface area (Å²) in [5, 5.41) is 5.94. The van der Waals surface area contributed by atoms with Gasteiger partial charge in [-0.05, 0) is 22.0 Å². The summed E-state index contributed by atoms with van der Waals surface area (Å²) in [7, 11) is 2.63. The van der Waals surface area contributed by atoms with Crippen LogP contribution in [0.5, 0.6) is 5.88 Å². The minimum atomic E-state index is -3.14. The first-order valence-corrected chi connectivity index (χ1v) is 8.36. The molecule has 1 heterocycles. The summed E-state index contributed by atoms with van der Waals surface area (Å²) in [6.45, 7) is -3.40. The third kappa shape index (κ3) is 4.25. The topological polar surface area (TPSA) is 65.4 Å². The molecule has 1 N–H and O–H groups in total. The van der Waals surface area contributed by atoms with E-state index in [9.17, 15) is 18.0 Å². The van der Waals surface area contributed by atoms with Crippen molar-refractivity contribution in [1.29, 1.82) is 0 Å². The molecule has 0 aliphatic heterocycles. The SMILES string of the molecule is COCC(=O)Nc1c(Cl)cc(F)c(-c2nn(C)c(OC(F)F)c2Cl)c1Br. The van der Waals surface area contributed by atoms with E-state index in [2.05, 4.69) is 31.1 Å². The van der Waals surface area contributed by atoms with Gasteiger partial charge in [-0.25, -0.2) is 9.07 Å². The zero-order valence-electron chi connectivity index (χ0n) is 13.2. The van der Waals surface area contributed by atoms with Crippen LogP contribution in [0.2, 0.25) is 10.0 Å². The van der Waals surface area contributed by atoms with E-state index in [1.807, 2.05) is 0 Å². The van der Waals surface area contributed by atoms with Gasteiger partial charge in [-0.1, -0.05) is 23.2 Å². The third-order valence-electron chi connectivity index (χ3n) is 3.09. The normalized spacial score (nSPS) is 11.1. The van der Waals surface area contributed by atoms with Crippen LogP contribution in [0.15, 0.2) is 10.5 Å². The second kappa shape index (κ2) is 8.47. The Morgan fingerprint density at radius 1 is 1.46 bits per heavy atom. The number of hydrogen-bond acceptors (Lipinski definition) is 4. The molecule has 0 aliphatic rings. The fourth-order valence-electron chi connectivity index (χ4n) is 2.08. The highest BCUT2D eigenvalue weighted by Gasteiger charge is 2.26. The lowest BCUT2D eigenvalue weighted by Gasteiger charge is -2.13. The van der Waals surface area contributed by atoms with Crippen LogP contribution in [0.1, 0.15) is 0 Å². The number of carbonyl (C=O) groups excluding carboxylic acids is 1. The van der Waals surface area contributed by atoms with E-state index in [-0.39, 0.29) is 38.1 Å². The van der Waals surface area contributed by atoms with Gasteiger partial charge in [0.25, 0.3) is 0 Å². The van der Waals surface area contributed by atoms with Crippen molar-refractivity contribution in [2.24, 2.45) is 7.05 Å². The lowest BCUT2D eigenvalue weighted by Crippen LogP contribution is -2.18. The van der Waals surface area contributed by atoms with Crippen molar-refractivity contribution in [3.63, 3.8) is 0 Å². The summed E-state index contributed by atoms with van der Waals surface area (Å²) < 4.78 is 49.5. The van der Waals surface area contributed by atoms with Crippen molar-refractivity contribution in [3.05, 3.63) is 26.4 Å². The van der Waals surface area contributed by atoms with Crippen molar-refractivity contribution < 1.29 is 27.4 Å². The lowest BCUT2D eigenvalue weighted by atomic mass is 10.1. The number of aryl methyl sites for hydroxylation is 1. The number of halogens is 6. The maximum Gasteiger partial charge on any atom is 0.388 e. The highest BCUT2D eigenvalue weighted by molar-refractivity contribution is 9.10. The number of rotatable bonds is 6. The predicted octanol–water partition coefficient (Wildman–Crippen LogP) is 4.48. The molecule has 2 rings (SSSR count). The van der Waals surface area contributed by atoms with Gasteiger partial charge in [0.2, 0.25) is 11.8 Å². The Morgan fingerprint density at radius 3 is 2.69 bits per heavy atom. The summed E-state index contributed by atoms with van der Waals surface area (Å²) in [4.78, 5) is 11.7. The van der Waals surface area contributed by atoms with Gasteiger partial charge in [0.15, 0.2) is 0 Å². The van der Waals surface area contributed by atoms with Gasteiger partial charge in [-0.15, -0.1) is 0 Å². The van der Waals surface area contributed by atoms with Gasteiger partial charge < -0.3 is 14.8 Å². The largest absolute Gasteiger partial charge is 0.416 e. The third-order valence-corrected chi connectivity index (χ3v) is 4.52. The summed E-state index contributed by atoms with van der Waals surface area (Å²) in [6.07, 6.45) is 0. The first kappa shape index (κ1) is 20.8. The first-order chi connectivity index (χ1) is 12.2. The van der Waals surface area contributed by atoms with E-state index in [0.717, 1.165) is 10.7 Å². The smallest absolute Gasteiger partial charge is 0.388 e. The second-order valence-corrected chi connectivity index (χ2v) is 6.43. The number of nitrogens with zero attached hydrogens (tertiary/aromatic N) is 2. The molecule has 0 spiro atoms. The first-order valence-electron chi connectivity index (χ1n) is 6.81. The molecule has 2 aromatic rings. The van der Waals surface area contributed by atoms with Crippen molar-refractivity contribution in [2.75, 3.05) is 19.0 Å². The molecular formula is C14H11BrCl2F3N3O3. The number of amides is 1. The van der Waals surface area contributed by atoms with Gasteiger partial charge in [0.05, 0.1) is 20.7 Å². The number of carbonyl (C=O) groups is 1. The Balaban J connectivity index is 2.59. The van der Waals surface area contributed by atoms with Crippen LogP contribution in [0.25, 0.3) is 11.3 Å². The van der Waals surface area contributed by atoms with Crippen LogP contribution >= 0.6 is 39.1 Å². The molecule has 6 nitrogen and oxygen atoms in total. The Kier molecular flexibility index (Phi) is 6.78. The highest BCUT2D eigenvalue weighted by atomic mass is 79.9. The molecule has 0 radical (unpaired) electrons. The molecule has 0 bridgehead atoms. The Hall–Kier alpha value is -1.49. The van der Waals surface area contributed by atoms with E-state index in [1.54, 1.807) is 0 Å². The molecule has 0 unspecified atom stereocenters. The number of benzene rings is 1. The molecule has 12 heteroatoms. The highest BCUT2D eigenvalue weighted by Crippen LogP contribution is 2.44. The Labute approximate surface area is 164 Å². The number of aromatic nitrogens is 2. The number of hydrogen-bond donors (Lipinski definition) is 1. The molecule has 0 aliphatic carbocycles. The van der Waals surface area contributed by atoms with Gasteiger partial charge in [0.1, 0.15) is 23.1 Å². The minimum absolute atomic E-state index is 0.0237. The maximum absolute atomic E-state index is 14.5. The molecule has 0 fully saturated rings. The van der Waals surface area contributed by atoms with Crippen LogP contribution in [0.4, 0.5) is 18.9 Å². The molecule has 142 valence electrons. The van der Waals surface area contributed by atoms with Gasteiger partial charge in [0, 0.05) is 14.2 Å². The van der Waals surface area contributed by atoms with Gasteiger partial charge in [-0.2, -0.15) is 13.9 Å². The van der Waals surface area contributed by atoms with Crippen molar-refractivity contribution >= 4 is 50.7 Å². The summed E-state index contributed by atoms with van der Waals surface area (Å²) in [6, 6.07) is 0.933. The molecule has 0 saturated carbocycles. The van der Waals surface area contributed by atoms with Crippen LogP contribution < -0.4 is 10.1 Å². The molecule has 1 aromatic heterocycles. The summed E-state index contributed by atoms with van der Waals surface area (Å²) in [5.74, 6) is -1.82. The van der Waals surface area contributed by atoms with Crippen molar-refractivity contribution in [3.8, 4) is 17.1 Å². The summed E-state index contributed by atoms with van der Waals surface area (Å²) in [5.41, 5.74) is -0.317. The quantitative estimate of drug-likeness (QED) is 0.667. The maximum atomic E-state index is 14.5. The van der Waals surface area contributed by atoms with Crippen molar-refractivity contribution in [1.82, 2.24) is 9.78 Å². The fraction of sp³-hybridized carbons (Fsp3) is 0.286. The monoisotopic (exact) mass is 475 g/mol. The Bertz CT molecular complexity index is 849. The summed E-state index contributed by atoms with van der Waals surface area (Å²) >= 11 is 15.1. The van der Waals surface area contributed by atoms with E-state index >= 15 is 0 Å². The van der Waals surface area contributed by atoms with Crippen molar-refractivity contribution in [2.45, 2.75) is 6.61 Å². The average Bonchev–Trinajstić information content (AvgIpc) is 2.79. The molecule has 0 saturated heterocycles. The number of methoxy groups -OCH3 is 1. The second-order valence-electron chi connectivity index (χ2n) is 4.86. The number of alkyl halides is 2. The lowest BCUT2D eigenvalue weighted by molar-refractivity contribution is -0.119. The van der Waals surface area contributed by atoms with Gasteiger partial charge in [-0.3, -0.25) is 4.79 Å². The average molecular weight is 477 g/mol. The molecular weight excluding hydrogens is 466 g/mol. The predicted molar refractivity (Wildman–Crippen MR) is 93.5 cm³/mol. The molecule has 1 amide bonds. The molecule has 26 heavy (non-hydrogen) atoms. The van der Waals surface area contributed by atoms with Crippen LogP contribution in [0, 0.1) is 5.82 Å². The number of ether oxygens (including phenoxy) is 2. The van der Waals surface area contributed by atoms with Crippen LogP contribution in [0.3, 0.4) is 0 Å². The standard InChI is InChI=1S/C14H11BrCl2F3N3O3/c1-23-13(26-14(19)20)10(17)12(22-23)8-6(18)3-5(16)11(9(8)15)21-7(24)4-25-2/h3,14H,4H2,1-2H3,(H,21,24). The van der Waals surface area contributed by atoms with E-state index < -0.39 is 24.2 Å². The number of nitrogens with one attached hydrogen (secondary N) is 1. The zero-order chi connectivity index (χ0) is 19.6. The Morgan fingerprint density at radius 2 is 2.12 bits per heavy atom.